The van der Waals surface area contributed by atoms with E-state index in [1.165, 1.54) is 0 Å². The van der Waals surface area contributed by atoms with Crippen molar-refractivity contribution in [2.45, 2.75) is 0 Å². The van der Waals surface area contributed by atoms with Gasteiger partial charge >= 0.3 is 0 Å². The minimum Gasteiger partial charge on any atom is -0.494 e. The van der Waals surface area contributed by atoms with Gasteiger partial charge in [-0.3, -0.25) is 14.3 Å². The number of aromatic nitrogens is 2. The summed E-state index contributed by atoms with van der Waals surface area (Å²) in [6, 6.07) is 16.8. The molecule has 156 valence electrons. The fraction of sp³-hybridized carbons (Fsp3) is 0.167. The number of amides is 1. The van der Waals surface area contributed by atoms with Gasteiger partial charge in [-0.05, 0) is 36.4 Å². The minimum absolute atomic E-state index is 0.00883. The lowest BCUT2D eigenvalue weighted by Gasteiger charge is -2.36. The first-order valence-electron chi connectivity index (χ1n) is 10.1. The Labute approximate surface area is 184 Å². The van der Waals surface area contributed by atoms with E-state index in [9.17, 15) is 9.90 Å². The molecule has 0 radical (unpaired) electrons. The van der Waals surface area contributed by atoms with E-state index in [0.29, 0.717) is 34.7 Å². The second kappa shape index (κ2) is 7.96. The van der Waals surface area contributed by atoms with Crippen LogP contribution in [0.1, 0.15) is 10.4 Å². The van der Waals surface area contributed by atoms with Crippen LogP contribution in [0.3, 0.4) is 0 Å². The summed E-state index contributed by atoms with van der Waals surface area (Å²) in [5, 5.41) is 12.7. The van der Waals surface area contributed by atoms with E-state index in [-0.39, 0.29) is 11.8 Å². The maximum Gasteiger partial charge on any atom is 0.254 e. The Bertz CT molecular complexity index is 1250. The smallest absolute Gasteiger partial charge is 0.254 e. The van der Waals surface area contributed by atoms with E-state index >= 15 is 0 Å². The number of carbonyl (C=O) groups excluding carboxylic acids is 1. The lowest BCUT2D eigenvalue weighted by atomic mass is 10.1. The van der Waals surface area contributed by atoms with Crippen LogP contribution >= 0.6 is 11.6 Å². The Hall–Kier alpha value is -3.51. The molecule has 1 N–H and O–H groups in total. The van der Waals surface area contributed by atoms with Gasteiger partial charge in [-0.2, -0.15) is 0 Å². The molecule has 1 aliphatic rings. The molecule has 0 atom stereocenters. The van der Waals surface area contributed by atoms with E-state index in [4.69, 9.17) is 11.6 Å². The molecule has 1 saturated heterocycles. The molecule has 0 aliphatic carbocycles. The number of pyridine rings is 1. The van der Waals surface area contributed by atoms with Crippen LogP contribution in [0, 0.1) is 0 Å². The third kappa shape index (κ3) is 3.59. The van der Waals surface area contributed by atoms with Crippen LogP contribution in [0.25, 0.3) is 16.5 Å². The molecule has 1 aliphatic heterocycles. The molecular weight excluding hydrogens is 412 g/mol. The third-order valence-electron chi connectivity index (χ3n) is 5.73. The van der Waals surface area contributed by atoms with E-state index in [0.717, 1.165) is 24.2 Å². The van der Waals surface area contributed by atoms with Gasteiger partial charge in [0.1, 0.15) is 0 Å². The Morgan fingerprint density at radius 1 is 0.935 bits per heavy atom. The molecule has 1 fully saturated rings. The molecule has 2 aromatic heterocycles. The number of hydrogen-bond donors (Lipinski definition) is 1. The van der Waals surface area contributed by atoms with Crippen molar-refractivity contribution in [3.8, 4) is 11.6 Å². The zero-order valence-electron chi connectivity index (χ0n) is 16.8. The van der Waals surface area contributed by atoms with Gasteiger partial charge in [0.05, 0.1) is 10.4 Å². The second-order valence-corrected chi connectivity index (χ2v) is 7.97. The minimum atomic E-state index is -0.00883. The Morgan fingerprint density at radius 2 is 1.68 bits per heavy atom. The number of piperazine rings is 1. The second-order valence-electron chi connectivity index (χ2n) is 7.56. The Morgan fingerprint density at radius 3 is 2.42 bits per heavy atom. The molecule has 2 aromatic carbocycles. The summed E-state index contributed by atoms with van der Waals surface area (Å²) in [6.07, 6.45) is 5.39. The number of benzene rings is 2. The molecule has 7 heteroatoms. The summed E-state index contributed by atoms with van der Waals surface area (Å²) in [5.41, 5.74) is 2.43. The zero-order chi connectivity index (χ0) is 21.4. The highest BCUT2D eigenvalue weighted by Gasteiger charge is 2.23. The van der Waals surface area contributed by atoms with Crippen molar-refractivity contribution >= 4 is 34.0 Å². The van der Waals surface area contributed by atoms with Crippen molar-refractivity contribution in [3.05, 3.63) is 83.8 Å². The predicted octanol–water partition coefficient (Wildman–Crippen LogP) is 4.35. The monoisotopic (exact) mass is 432 g/mol. The normalized spacial score (nSPS) is 14.2. The van der Waals surface area contributed by atoms with Crippen LogP contribution in [0.5, 0.6) is 5.88 Å². The van der Waals surface area contributed by atoms with Crippen LogP contribution in [0.2, 0.25) is 5.02 Å². The molecule has 0 unspecified atom stereocenters. The average molecular weight is 433 g/mol. The summed E-state index contributed by atoms with van der Waals surface area (Å²) in [5.74, 6) is 0.0571. The van der Waals surface area contributed by atoms with Crippen LogP contribution in [0.4, 0.5) is 5.69 Å². The number of fused-ring (bicyclic) bond motifs is 1. The van der Waals surface area contributed by atoms with Crippen molar-refractivity contribution in [1.29, 1.82) is 0 Å². The lowest BCUT2D eigenvalue weighted by Crippen LogP contribution is -2.48. The topological polar surface area (TPSA) is 61.6 Å². The van der Waals surface area contributed by atoms with Gasteiger partial charge < -0.3 is 14.9 Å². The van der Waals surface area contributed by atoms with Gasteiger partial charge in [0.2, 0.25) is 5.88 Å². The maximum absolute atomic E-state index is 13.1. The number of anilines is 1. The first-order valence-corrected chi connectivity index (χ1v) is 10.5. The van der Waals surface area contributed by atoms with Crippen molar-refractivity contribution in [3.63, 3.8) is 0 Å². The van der Waals surface area contributed by atoms with Crippen molar-refractivity contribution < 1.29 is 9.90 Å². The number of halogens is 1. The average Bonchev–Trinajstić information content (AvgIpc) is 3.17. The van der Waals surface area contributed by atoms with E-state index in [1.54, 1.807) is 23.0 Å². The molecule has 31 heavy (non-hydrogen) atoms. The molecule has 3 heterocycles. The van der Waals surface area contributed by atoms with Crippen molar-refractivity contribution in [2.75, 3.05) is 31.1 Å². The lowest BCUT2D eigenvalue weighted by molar-refractivity contribution is 0.0746. The SMILES string of the molecule is O=C(c1cccc(-n2cc3cccc(Cl)c3c2O)c1)N1CCN(c2ccncc2)CC1. The predicted molar refractivity (Wildman–Crippen MR) is 122 cm³/mol. The maximum atomic E-state index is 13.1. The first-order chi connectivity index (χ1) is 15.1. The third-order valence-corrected chi connectivity index (χ3v) is 6.05. The standard InChI is InChI=1S/C24H21ClN4O2/c25-21-6-2-4-18-16-29(24(31)22(18)21)20-5-1-3-17(15-20)23(30)28-13-11-27(12-14-28)19-7-9-26-10-8-19/h1-10,15-16,31H,11-14H2. The number of nitrogens with zero attached hydrogens (tertiary/aromatic N) is 4. The van der Waals surface area contributed by atoms with Gasteiger partial charge in [-0.1, -0.05) is 29.8 Å². The highest BCUT2D eigenvalue weighted by molar-refractivity contribution is 6.36. The Kier molecular flexibility index (Phi) is 5.00. The molecule has 4 aromatic rings. The van der Waals surface area contributed by atoms with Gasteiger partial charge in [-0.15, -0.1) is 0 Å². The quantitative estimate of drug-likeness (QED) is 0.523. The van der Waals surface area contributed by atoms with Gasteiger partial charge in [0, 0.05) is 67.1 Å². The highest BCUT2D eigenvalue weighted by atomic mass is 35.5. The van der Waals surface area contributed by atoms with Crippen molar-refractivity contribution in [2.24, 2.45) is 0 Å². The fourth-order valence-electron chi connectivity index (χ4n) is 4.10. The van der Waals surface area contributed by atoms with E-state index < -0.39 is 0 Å². The number of rotatable bonds is 3. The molecule has 5 rings (SSSR count). The van der Waals surface area contributed by atoms with Crippen LogP contribution in [0.15, 0.2) is 73.2 Å². The molecule has 0 spiro atoms. The van der Waals surface area contributed by atoms with Crippen LogP contribution in [-0.2, 0) is 0 Å². The van der Waals surface area contributed by atoms with Crippen LogP contribution < -0.4 is 4.90 Å². The summed E-state index contributed by atoms with van der Waals surface area (Å²) < 4.78 is 1.66. The van der Waals surface area contributed by atoms with Gasteiger partial charge in [0.15, 0.2) is 0 Å². The summed E-state index contributed by atoms with van der Waals surface area (Å²) in [6.45, 7) is 2.86. The summed E-state index contributed by atoms with van der Waals surface area (Å²) in [4.78, 5) is 21.3. The largest absolute Gasteiger partial charge is 0.494 e. The molecule has 6 nitrogen and oxygen atoms in total. The van der Waals surface area contributed by atoms with Crippen molar-refractivity contribution in [1.82, 2.24) is 14.5 Å². The molecule has 1 amide bonds. The number of aromatic hydroxyl groups is 1. The number of hydrogen-bond acceptors (Lipinski definition) is 4. The zero-order valence-corrected chi connectivity index (χ0v) is 17.5. The molecule has 0 saturated carbocycles. The number of carbonyl (C=O) groups is 1. The molecule has 0 bridgehead atoms. The summed E-state index contributed by atoms with van der Waals surface area (Å²) in [7, 11) is 0. The van der Waals surface area contributed by atoms with Crippen LogP contribution in [-0.4, -0.2) is 51.6 Å². The fourth-order valence-corrected chi connectivity index (χ4v) is 4.36. The molecular formula is C24H21ClN4O2. The first kappa shape index (κ1) is 19.5. The Balaban J connectivity index is 1.37. The van der Waals surface area contributed by atoms with Gasteiger partial charge in [0.25, 0.3) is 5.91 Å². The van der Waals surface area contributed by atoms with Gasteiger partial charge in [-0.25, -0.2) is 0 Å². The van der Waals surface area contributed by atoms with E-state index in [2.05, 4.69) is 9.88 Å². The highest BCUT2D eigenvalue weighted by Crippen LogP contribution is 2.35. The van der Waals surface area contributed by atoms with E-state index in [1.807, 2.05) is 59.6 Å². The summed E-state index contributed by atoms with van der Waals surface area (Å²) >= 11 is 6.26.